The molecule has 0 unspecified atom stereocenters. The predicted octanol–water partition coefficient (Wildman–Crippen LogP) is 4.05. The first-order chi connectivity index (χ1) is 12.9. The SMILES string of the molecule is CC(C)NCc1nc2c(F)c(F)cc(C(=Nc3cccc(Cl)c3)NO)c2[nH]1. The van der Waals surface area contributed by atoms with E-state index in [-0.39, 0.29) is 28.5 Å². The third kappa shape index (κ3) is 4.24. The lowest BCUT2D eigenvalue weighted by Gasteiger charge is -2.08. The summed E-state index contributed by atoms with van der Waals surface area (Å²) in [6.45, 7) is 4.26. The van der Waals surface area contributed by atoms with Gasteiger partial charge in [0.1, 0.15) is 11.3 Å². The number of rotatable bonds is 5. The summed E-state index contributed by atoms with van der Waals surface area (Å²) in [5.74, 6) is -1.81. The van der Waals surface area contributed by atoms with E-state index in [9.17, 15) is 14.0 Å². The molecule has 0 amide bonds. The first-order valence-electron chi connectivity index (χ1n) is 8.23. The molecule has 0 aliphatic heterocycles. The Kier molecular flexibility index (Phi) is 5.69. The van der Waals surface area contributed by atoms with Crippen LogP contribution in [-0.4, -0.2) is 27.1 Å². The number of H-pyrrole nitrogens is 1. The Balaban J connectivity index is 2.12. The quantitative estimate of drug-likeness (QED) is 0.299. The molecule has 3 rings (SSSR count). The minimum absolute atomic E-state index is 0.0758. The van der Waals surface area contributed by atoms with Gasteiger partial charge in [-0.05, 0) is 24.3 Å². The second kappa shape index (κ2) is 7.99. The zero-order valence-electron chi connectivity index (χ0n) is 14.6. The Hall–Kier alpha value is -2.55. The Labute approximate surface area is 159 Å². The number of hydrogen-bond donors (Lipinski definition) is 4. The van der Waals surface area contributed by atoms with Crippen LogP contribution in [0.3, 0.4) is 0 Å². The van der Waals surface area contributed by atoms with Gasteiger partial charge in [0.05, 0.1) is 17.7 Å². The van der Waals surface area contributed by atoms with Crippen molar-refractivity contribution in [2.45, 2.75) is 26.4 Å². The number of fused-ring (bicyclic) bond motifs is 1. The number of nitrogens with zero attached hydrogens (tertiary/aromatic N) is 2. The van der Waals surface area contributed by atoms with Gasteiger partial charge in [0.15, 0.2) is 17.5 Å². The van der Waals surface area contributed by atoms with Crippen molar-refractivity contribution < 1.29 is 14.0 Å². The first kappa shape index (κ1) is 19.2. The lowest BCUT2D eigenvalue weighted by molar-refractivity contribution is 0.235. The molecule has 0 saturated heterocycles. The smallest absolute Gasteiger partial charge is 0.186 e. The Morgan fingerprint density at radius 3 is 2.78 bits per heavy atom. The van der Waals surface area contributed by atoms with E-state index in [0.717, 1.165) is 6.07 Å². The van der Waals surface area contributed by atoms with Crippen molar-refractivity contribution in [3.63, 3.8) is 0 Å². The summed E-state index contributed by atoms with van der Waals surface area (Å²) >= 11 is 5.94. The Morgan fingerprint density at radius 2 is 2.11 bits per heavy atom. The summed E-state index contributed by atoms with van der Waals surface area (Å²) in [6.07, 6.45) is 0. The van der Waals surface area contributed by atoms with Gasteiger partial charge < -0.3 is 10.3 Å². The molecule has 0 fully saturated rings. The molecule has 1 heterocycles. The molecule has 0 radical (unpaired) electrons. The molecule has 6 nitrogen and oxygen atoms in total. The highest BCUT2D eigenvalue weighted by Crippen LogP contribution is 2.25. The van der Waals surface area contributed by atoms with E-state index in [1.54, 1.807) is 24.3 Å². The normalized spacial score (nSPS) is 12.2. The van der Waals surface area contributed by atoms with Gasteiger partial charge in [0.2, 0.25) is 0 Å². The minimum Gasteiger partial charge on any atom is -0.340 e. The lowest BCUT2D eigenvalue weighted by Crippen LogP contribution is -2.22. The van der Waals surface area contributed by atoms with Crippen LogP contribution in [0.5, 0.6) is 0 Å². The molecule has 9 heteroatoms. The fourth-order valence-electron chi connectivity index (χ4n) is 2.54. The van der Waals surface area contributed by atoms with Gasteiger partial charge in [0, 0.05) is 16.6 Å². The molecule has 0 aliphatic carbocycles. The summed E-state index contributed by atoms with van der Waals surface area (Å²) in [4.78, 5) is 11.3. The molecule has 2 aromatic carbocycles. The van der Waals surface area contributed by atoms with Gasteiger partial charge in [-0.25, -0.2) is 18.8 Å². The van der Waals surface area contributed by atoms with Crippen molar-refractivity contribution in [1.29, 1.82) is 0 Å². The van der Waals surface area contributed by atoms with Crippen LogP contribution in [0.25, 0.3) is 11.0 Å². The molecule has 4 N–H and O–H groups in total. The first-order valence-corrected chi connectivity index (χ1v) is 8.61. The Morgan fingerprint density at radius 1 is 1.33 bits per heavy atom. The van der Waals surface area contributed by atoms with E-state index >= 15 is 0 Å². The standard InChI is InChI=1S/C18H18ClF2N5O/c1-9(2)22-8-14-24-16-12(7-13(20)15(21)17(16)25-14)18(26-27)23-11-5-3-4-10(19)6-11/h3-7,9,22,27H,8H2,1-2H3,(H,23,26)(H,24,25). The van der Waals surface area contributed by atoms with Crippen LogP contribution < -0.4 is 10.8 Å². The Bertz CT molecular complexity index is 1000. The molecule has 3 aromatic rings. The maximum atomic E-state index is 14.2. The molecule has 0 spiro atoms. The average Bonchev–Trinajstić information content (AvgIpc) is 3.06. The number of amidine groups is 1. The van der Waals surface area contributed by atoms with Crippen LogP contribution in [-0.2, 0) is 6.54 Å². The number of benzene rings is 2. The second-order valence-corrected chi connectivity index (χ2v) is 6.65. The predicted molar refractivity (Wildman–Crippen MR) is 101 cm³/mol. The molecule has 0 bridgehead atoms. The van der Waals surface area contributed by atoms with Crippen molar-refractivity contribution in [1.82, 2.24) is 20.8 Å². The summed E-state index contributed by atoms with van der Waals surface area (Å²) in [7, 11) is 0. The van der Waals surface area contributed by atoms with Crippen LogP contribution in [0.15, 0.2) is 35.3 Å². The fourth-order valence-corrected chi connectivity index (χ4v) is 2.73. The largest absolute Gasteiger partial charge is 0.340 e. The third-order valence-electron chi connectivity index (χ3n) is 3.80. The molecular formula is C18H18ClF2N5O. The number of nitrogens with one attached hydrogen (secondary N) is 3. The number of aromatic amines is 1. The molecule has 1 aromatic heterocycles. The van der Waals surface area contributed by atoms with E-state index in [4.69, 9.17) is 11.6 Å². The van der Waals surface area contributed by atoms with Crippen molar-refractivity contribution in [2.75, 3.05) is 0 Å². The fraction of sp³-hybridized carbons (Fsp3) is 0.222. The second-order valence-electron chi connectivity index (χ2n) is 6.21. The zero-order valence-corrected chi connectivity index (χ0v) is 15.4. The number of hydroxylamine groups is 1. The van der Waals surface area contributed by atoms with E-state index in [1.807, 2.05) is 19.3 Å². The topological polar surface area (TPSA) is 85.3 Å². The number of hydrogen-bond acceptors (Lipinski definition) is 4. The molecule has 27 heavy (non-hydrogen) atoms. The van der Waals surface area contributed by atoms with Gasteiger partial charge in [-0.1, -0.05) is 31.5 Å². The van der Waals surface area contributed by atoms with E-state index < -0.39 is 11.6 Å². The van der Waals surface area contributed by atoms with Crippen LogP contribution in [0.4, 0.5) is 14.5 Å². The van der Waals surface area contributed by atoms with Crippen molar-refractivity contribution in [2.24, 2.45) is 4.99 Å². The summed E-state index contributed by atoms with van der Waals surface area (Å²) in [6, 6.07) is 7.72. The average molecular weight is 394 g/mol. The van der Waals surface area contributed by atoms with Crippen molar-refractivity contribution >= 4 is 34.2 Å². The van der Waals surface area contributed by atoms with Crippen molar-refractivity contribution in [3.05, 3.63) is 58.4 Å². The van der Waals surface area contributed by atoms with Gasteiger partial charge >= 0.3 is 0 Å². The van der Waals surface area contributed by atoms with Crippen LogP contribution in [0, 0.1) is 11.6 Å². The summed E-state index contributed by atoms with van der Waals surface area (Å²) < 4.78 is 28.3. The molecular weight excluding hydrogens is 376 g/mol. The maximum Gasteiger partial charge on any atom is 0.186 e. The highest BCUT2D eigenvalue weighted by atomic mass is 35.5. The van der Waals surface area contributed by atoms with Crippen LogP contribution in [0.1, 0.15) is 25.2 Å². The molecule has 142 valence electrons. The van der Waals surface area contributed by atoms with Gasteiger partial charge in [-0.15, -0.1) is 0 Å². The maximum absolute atomic E-state index is 14.2. The summed E-state index contributed by atoms with van der Waals surface area (Å²) in [5, 5.41) is 13.1. The van der Waals surface area contributed by atoms with Crippen molar-refractivity contribution in [3.8, 4) is 0 Å². The van der Waals surface area contributed by atoms with E-state index in [2.05, 4.69) is 20.3 Å². The highest BCUT2D eigenvalue weighted by Gasteiger charge is 2.20. The molecule has 0 aliphatic rings. The van der Waals surface area contributed by atoms with Crippen LogP contribution >= 0.6 is 11.6 Å². The number of aliphatic imine (C=N–C) groups is 1. The molecule has 0 saturated carbocycles. The van der Waals surface area contributed by atoms with E-state index in [1.165, 1.54) is 0 Å². The zero-order chi connectivity index (χ0) is 19.6. The highest BCUT2D eigenvalue weighted by molar-refractivity contribution is 6.30. The number of halogens is 3. The van der Waals surface area contributed by atoms with Crippen LogP contribution in [0.2, 0.25) is 5.02 Å². The number of aromatic nitrogens is 2. The van der Waals surface area contributed by atoms with E-state index in [0.29, 0.717) is 23.1 Å². The molecule has 0 atom stereocenters. The number of imidazole rings is 1. The van der Waals surface area contributed by atoms with Gasteiger partial charge in [-0.3, -0.25) is 10.7 Å². The third-order valence-corrected chi connectivity index (χ3v) is 4.03. The summed E-state index contributed by atoms with van der Waals surface area (Å²) in [5.41, 5.74) is 2.55. The lowest BCUT2D eigenvalue weighted by atomic mass is 10.1. The minimum atomic E-state index is -1.10. The monoisotopic (exact) mass is 393 g/mol. The van der Waals surface area contributed by atoms with Gasteiger partial charge in [-0.2, -0.15) is 0 Å². The van der Waals surface area contributed by atoms with Gasteiger partial charge in [0.25, 0.3) is 0 Å².